The van der Waals surface area contributed by atoms with Crippen LogP contribution < -0.4 is 5.32 Å². The van der Waals surface area contributed by atoms with E-state index in [1.54, 1.807) is 0 Å². The van der Waals surface area contributed by atoms with Crippen LogP contribution in [0.4, 0.5) is 0 Å². The molecule has 1 aliphatic heterocycles. The van der Waals surface area contributed by atoms with E-state index in [0.29, 0.717) is 11.9 Å². The van der Waals surface area contributed by atoms with Gasteiger partial charge in [0.2, 0.25) is 5.91 Å². The number of likely N-dealkylation sites (N-methyl/N-ethyl adjacent to an activating group) is 1. The molecule has 1 N–H and O–H groups in total. The number of carbonyl (C=O) groups is 1. The third-order valence-corrected chi connectivity index (χ3v) is 3.82. The number of hydrogen-bond donors (Lipinski definition) is 1. The molecule has 0 spiro atoms. The maximum atomic E-state index is 12.2. The van der Waals surface area contributed by atoms with Gasteiger partial charge in [-0.25, -0.2) is 0 Å². The predicted octanol–water partition coefficient (Wildman–Crippen LogP) is 1.01. The monoisotopic (exact) mass is 240 g/mol. The van der Waals surface area contributed by atoms with Crippen molar-refractivity contribution in [2.24, 2.45) is 5.92 Å². The Kier molecular flexibility index (Phi) is 4.80. The molecule has 0 radical (unpaired) electrons. The fourth-order valence-electron chi connectivity index (χ4n) is 2.82. The predicted molar refractivity (Wildman–Crippen MR) is 66.8 cm³/mol. The summed E-state index contributed by atoms with van der Waals surface area (Å²) in [5, 5.41) is 3.39. The van der Waals surface area contributed by atoms with Gasteiger partial charge in [-0.15, -0.1) is 0 Å². The van der Waals surface area contributed by atoms with Gasteiger partial charge in [-0.2, -0.15) is 0 Å². The van der Waals surface area contributed by atoms with Crippen molar-refractivity contribution in [1.29, 1.82) is 0 Å². The van der Waals surface area contributed by atoms with Crippen LogP contribution in [0.15, 0.2) is 0 Å². The molecule has 2 aliphatic rings. The van der Waals surface area contributed by atoms with Gasteiger partial charge in [0.05, 0.1) is 13.2 Å². The van der Waals surface area contributed by atoms with Crippen molar-refractivity contribution in [2.45, 2.75) is 38.1 Å². The Morgan fingerprint density at radius 3 is 2.76 bits per heavy atom. The summed E-state index contributed by atoms with van der Waals surface area (Å²) >= 11 is 0. The number of amides is 1. The van der Waals surface area contributed by atoms with E-state index in [0.717, 1.165) is 39.1 Å². The Morgan fingerprint density at radius 1 is 1.35 bits per heavy atom. The second kappa shape index (κ2) is 6.36. The third kappa shape index (κ3) is 3.68. The zero-order chi connectivity index (χ0) is 12.1. The Balaban J connectivity index is 1.77. The van der Waals surface area contributed by atoms with Gasteiger partial charge in [-0.3, -0.25) is 4.79 Å². The van der Waals surface area contributed by atoms with Crippen LogP contribution >= 0.6 is 0 Å². The van der Waals surface area contributed by atoms with Crippen LogP contribution in [-0.2, 0) is 9.53 Å². The highest BCUT2D eigenvalue weighted by Crippen LogP contribution is 2.25. The second-order valence-corrected chi connectivity index (χ2v) is 5.28. The Hall–Kier alpha value is -0.610. The second-order valence-electron chi connectivity index (χ2n) is 5.28. The van der Waals surface area contributed by atoms with E-state index in [9.17, 15) is 4.79 Å². The molecule has 2 fully saturated rings. The van der Waals surface area contributed by atoms with E-state index in [2.05, 4.69) is 5.32 Å². The summed E-state index contributed by atoms with van der Waals surface area (Å²) in [5.74, 6) is 0.607. The van der Waals surface area contributed by atoms with Crippen LogP contribution in [0.1, 0.15) is 32.1 Å². The first kappa shape index (κ1) is 12.8. The Morgan fingerprint density at radius 2 is 2.12 bits per heavy atom. The van der Waals surface area contributed by atoms with Crippen LogP contribution in [0.25, 0.3) is 0 Å². The minimum Gasteiger partial charge on any atom is -0.378 e. The maximum Gasteiger partial charge on any atom is 0.225 e. The number of hydrogen-bond acceptors (Lipinski definition) is 3. The molecule has 1 aliphatic carbocycles. The lowest BCUT2D eigenvalue weighted by Crippen LogP contribution is -2.49. The summed E-state index contributed by atoms with van der Waals surface area (Å²) in [6.45, 7) is 3.19. The Bertz CT molecular complexity index is 246. The molecule has 0 aromatic rings. The van der Waals surface area contributed by atoms with E-state index in [1.165, 1.54) is 19.3 Å². The molecule has 1 atom stereocenters. The summed E-state index contributed by atoms with van der Waals surface area (Å²) in [4.78, 5) is 14.1. The SMILES string of the molecule is CN(CC1COCCN1)C(=O)C1CCCCC1. The molecule has 4 heteroatoms. The number of nitrogens with one attached hydrogen (secondary N) is 1. The largest absolute Gasteiger partial charge is 0.378 e. The number of nitrogens with zero attached hydrogens (tertiary/aromatic N) is 1. The zero-order valence-electron chi connectivity index (χ0n) is 10.8. The van der Waals surface area contributed by atoms with Crippen LogP contribution in [0.3, 0.4) is 0 Å². The lowest BCUT2D eigenvalue weighted by atomic mass is 9.88. The fourth-order valence-corrected chi connectivity index (χ4v) is 2.82. The summed E-state index contributed by atoms with van der Waals surface area (Å²) in [5.41, 5.74) is 0. The van der Waals surface area contributed by atoms with E-state index >= 15 is 0 Å². The van der Waals surface area contributed by atoms with Crippen LogP contribution in [0.2, 0.25) is 0 Å². The minimum atomic E-state index is 0.276. The first-order chi connectivity index (χ1) is 8.27. The quantitative estimate of drug-likeness (QED) is 0.800. The lowest BCUT2D eigenvalue weighted by Gasteiger charge is -2.31. The molecule has 1 unspecified atom stereocenters. The summed E-state index contributed by atoms with van der Waals surface area (Å²) in [6, 6.07) is 0.307. The van der Waals surface area contributed by atoms with Crippen molar-refractivity contribution >= 4 is 5.91 Å². The molecule has 4 nitrogen and oxygen atoms in total. The van der Waals surface area contributed by atoms with Gasteiger partial charge in [0, 0.05) is 32.1 Å². The van der Waals surface area contributed by atoms with Crippen molar-refractivity contribution in [3.05, 3.63) is 0 Å². The number of carbonyl (C=O) groups excluding carboxylic acids is 1. The van der Waals surface area contributed by atoms with Crippen molar-refractivity contribution in [1.82, 2.24) is 10.2 Å². The first-order valence-electron chi connectivity index (χ1n) is 6.83. The molecule has 0 aromatic carbocycles. The first-order valence-corrected chi connectivity index (χ1v) is 6.83. The molecule has 17 heavy (non-hydrogen) atoms. The molecular weight excluding hydrogens is 216 g/mol. The molecule has 0 bridgehead atoms. The highest BCUT2D eigenvalue weighted by molar-refractivity contribution is 5.78. The van der Waals surface area contributed by atoms with Gasteiger partial charge >= 0.3 is 0 Å². The van der Waals surface area contributed by atoms with Crippen molar-refractivity contribution in [3.63, 3.8) is 0 Å². The highest BCUT2D eigenvalue weighted by Gasteiger charge is 2.25. The average molecular weight is 240 g/mol. The van der Waals surface area contributed by atoms with E-state index in [1.807, 2.05) is 11.9 Å². The van der Waals surface area contributed by atoms with E-state index in [4.69, 9.17) is 4.74 Å². The van der Waals surface area contributed by atoms with E-state index < -0.39 is 0 Å². The van der Waals surface area contributed by atoms with Gasteiger partial charge in [0.1, 0.15) is 0 Å². The highest BCUT2D eigenvalue weighted by atomic mass is 16.5. The molecule has 98 valence electrons. The number of ether oxygens (including phenoxy) is 1. The van der Waals surface area contributed by atoms with Gasteiger partial charge in [-0.1, -0.05) is 19.3 Å². The van der Waals surface area contributed by atoms with Gasteiger partial charge in [0.15, 0.2) is 0 Å². The van der Waals surface area contributed by atoms with Gasteiger partial charge in [-0.05, 0) is 12.8 Å². The smallest absolute Gasteiger partial charge is 0.225 e. The normalized spacial score (nSPS) is 26.8. The van der Waals surface area contributed by atoms with E-state index in [-0.39, 0.29) is 5.92 Å². The molecule has 1 saturated carbocycles. The number of morpholine rings is 1. The third-order valence-electron chi connectivity index (χ3n) is 3.82. The summed E-state index contributed by atoms with van der Waals surface area (Å²) in [7, 11) is 1.92. The molecule has 1 amide bonds. The molecule has 1 saturated heterocycles. The Labute approximate surface area is 104 Å². The minimum absolute atomic E-state index is 0.276. The van der Waals surface area contributed by atoms with Gasteiger partial charge in [0.25, 0.3) is 0 Å². The zero-order valence-corrected chi connectivity index (χ0v) is 10.8. The van der Waals surface area contributed by atoms with Crippen molar-refractivity contribution in [3.8, 4) is 0 Å². The fraction of sp³-hybridized carbons (Fsp3) is 0.923. The van der Waals surface area contributed by atoms with Crippen LogP contribution in [0.5, 0.6) is 0 Å². The van der Waals surface area contributed by atoms with Crippen molar-refractivity contribution < 1.29 is 9.53 Å². The summed E-state index contributed by atoms with van der Waals surface area (Å²) in [6.07, 6.45) is 5.89. The van der Waals surface area contributed by atoms with Gasteiger partial charge < -0.3 is 15.0 Å². The standard InChI is InChI=1S/C13H24N2O2/c1-15(9-12-10-17-8-7-14-12)13(16)11-5-3-2-4-6-11/h11-12,14H,2-10H2,1H3. The lowest BCUT2D eigenvalue weighted by molar-refractivity contribution is -0.135. The van der Waals surface area contributed by atoms with Crippen LogP contribution in [0, 0.1) is 5.92 Å². The topological polar surface area (TPSA) is 41.6 Å². The molecule has 1 heterocycles. The molecule has 0 aromatic heterocycles. The van der Waals surface area contributed by atoms with Crippen molar-refractivity contribution in [2.75, 3.05) is 33.4 Å². The maximum absolute atomic E-state index is 12.2. The molecule has 2 rings (SSSR count). The van der Waals surface area contributed by atoms with Crippen LogP contribution in [-0.4, -0.2) is 50.2 Å². The average Bonchev–Trinajstić information content (AvgIpc) is 2.40. The molecular formula is C13H24N2O2. The summed E-state index contributed by atoms with van der Waals surface area (Å²) < 4.78 is 5.41. The number of rotatable bonds is 3.